The first-order valence-electron chi connectivity index (χ1n) is 7.59. The number of hydrogen-bond donors (Lipinski definition) is 1. The minimum atomic E-state index is 0.819. The van der Waals surface area contributed by atoms with Crippen LogP contribution in [0.3, 0.4) is 0 Å². The molecule has 1 aliphatic heterocycles. The molecular formula is C17H23N3. The van der Waals surface area contributed by atoms with Gasteiger partial charge in [-0.05, 0) is 43.9 Å². The molecule has 2 heterocycles. The number of aryl methyl sites for hydroxylation is 1. The molecule has 3 rings (SSSR count). The Morgan fingerprint density at radius 3 is 3.00 bits per heavy atom. The summed E-state index contributed by atoms with van der Waals surface area (Å²) in [5.74, 6) is 0.819. The van der Waals surface area contributed by atoms with Gasteiger partial charge in [0, 0.05) is 47.1 Å². The van der Waals surface area contributed by atoms with Crippen LogP contribution in [0.5, 0.6) is 0 Å². The molecule has 1 fully saturated rings. The molecule has 0 saturated carbocycles. The monoisotopic (exact) mass is 269 g/mol. The molecule has 1 aromatic carbocycles. The highest BCUT2D eigenvalue weighted by Crippen LogP contribution is 2.33. The zero-order chi connectivity index (χ0) is 14.1. The average Bonchev–Trinajstić information content (AvgIpc) is 2.47. The highest BCUT2D eigenvalue weighted by molar-refractivity contribution is 6.01. The van der Waals surface area contributed by atoms with Gasteiger partial charge in [0.1, 0.15) is 0 Å². The van der Waals surface area contributed by atoms with Crippen molar-refractivity contribution in [2.45, 2.75) is 33.1 Å². The van der Waals surface area contributed by atoms with E-state index in [0.29, 0.717) is 0 Å². The molecular weight excluding hydrogens is 246 g/mol. The van der Waals surface area contributed by atoms with Gasteiger partial charge in [-0.15, -0.1) is 0 Å². The van der Waals surface area contributed by atoms with Crippen LogP contribution >= 0.6 is 0 Å². The Hall–Kier alpha value is -1.77. The van der Waals surface area contributed by atoms with Crippen LogP contribution in [0, 0.1) is 12.8 Å². The van der Waals surface area contributed by atoms with Gasteiger partial charge in [-0.2, -0.15) is 0 Å². The number of fused-ring (bicyclic) bond motifs is 1. The molecule has 1 aliphatic rings. The summed E-state index contributed by atoms with van der Waals surface area (Å²) < 4.78 is 0. The smallest absolute Gasteiger partial charge is 0.0448 e. The number of pyridine rings is 1. The average molecular weight is 269 g/mol. The highest BCUT2D eigenvalue weighted by atomic mass is 15.1. The summed E-state index contributed by atoms with van der Waals surface area (Å²) in [6.07, 6.45) is 5.82. The largest absolute Gasteiger partial charge is 0.398 e. The SMILES string of the molecule is CCC1CCCN(c2ccc(N)c3cnc(C)cc23)C1. The molecule has 1 atom stereocenters. The molecule has 1 unspecified atom stereocenters. The summed E-state index contributed by atoms with van der Waals surface area (Å²) >= 11 is 0. The van der Waals surface area contributed by atoms with E-state index in [-0.39, 0.29) is 0 Å². The number of anilines is 2. The van der Waals surface area contributed by atoms with Crippen LogP contribution in [0.2, 0.25) is 0 Å². The van der Waals surface area contributed by atoms with Gasteiger partial charge in [0.25, 0.3) is 0 Å². The van der Waals surface area contributed by atoms with Crippen LogP contribution in [0.15, 0.2) is 24.4 Å². The van der Waals surface area contributed by atoms with E-state index in [2.05, 4.69) is 28.9 Å². The van der Waals surface area contributed by atoms with E-state index in [4.69, 9.17) is 5.73 Å². The molecule has 2 N–H and O–H groups in total. The van der Waals surface area contributed by atoms with Crippen molar-refractivity contribution < 1.29 is 0 Å². The predicted octanol–water partition coefficient (Wildman–Crippen LogP) is 3.75. The molecule has 1 saturated heterocycles. The minimum Gasteiger partial charge on any atom is -0.398 e. The van der Waals surface area contributed by atoms with Crippen LogP contribution < -0.4 is 10.6 Å². The van der Waals surface area contributed by atoms with E-state index >= 15 is 0 Å². The molecule has 3 heteroatoms. The zero-order valence-electron chi connectivity index (χ0n) is 12.4. The summed E-state index contributed by atoms with van der Waals surface area (Å²) in [7, 11) is 0. The van der Waals surface area contributed by atoms with E-state index < -0.39 is 0 Å². The maximum Gasteiger partial charge on any atom is 0.0448 e. The number of hydrogen-bond acceptors (Lipinski definition) is 3. The van der Waals surface area contributed by atoms with Crippen molar-refractivity contribution in [1.29, 1.82) is 0 Å². The molecule has 0 bridgehead atoms. The van der Waals surface area contributed by atoms with Crippen LogP contribution in [0.1, 0.15) is 31.9 Å². The standard InChI is InChI=1S/C17H23N3/c1-3-13-5-4-8-20(11-13)17-7-6-16(18)15-10-19-12(2)9-14(15)17/h6-7,9-10,13H,3-5,8,11,18H2,1-2H3. The lowest BCUT2D eigenvalue weighted by molar-refractivity contribution is 0.405. The Balaban J connectivity index is 2.07. The van der Waals surface area contributed by atoms with Crippen molar-refractivity contribution >= 4 is 22.1 Å². The van der Waals surface area contributed by atoms with E-state index in [9.17, 15) is 0 Å². The van der Waals surface area contributed by atoms with E-state index in [1.165, 1.54) is 30.3 Å². The lowest BCUT2D eigenvalue weighted by Gasteiger charge is -2.35. The van der Waals surface area contributed by atoms with Crippen LogP contribution in [0.25, 0.3) is 10.8 Å². The molecule has 0 radical (unpaired) electrons. The van der Waals surface area contributed by atoms with Crippen molar-refractivity contribution in [3.05, 3.63) is 30.1 Å². The normalized spacial score (nSPS) is 19.5. The number of nitrogens with two attached hydrogens (primary N) is 1. The fourth-order valence-electron chi connectivity index (χ4n) is 3.24. The van der Waals surface area contributed by atoms with Gasteiger partial charge in [0.2, 0.25) is 0 Å². The van der Waals surface area contributed by atoms with Crippen molar-refractivity contribution in [2.75, 3.05) is 23.7 Å². The molecule has 3 nitrogen and oxygen atoms in total. The lowest BCUT2D eigenvalue weighted by Crippen LogP contribution is -2.35. The molecule has 0 aliphatic carbocycles. The van der Waals surface area contributed by atoms with Gasteiger partial charge in [0.05, 0.1) is 0 Å². The van der Waals surface area contributed by atoms with Crippen molar-refractivity contribution in [2.24, 2.45) is 5.92 Å². The second kappa shape index (κ2) is 5.31. The third-order valence-electron chi connectivity index (χ3n) is 4.49. The van der Waals surface area contributed by atoms with Gasteiger partial charge in [-0.25, -0.2) is 0 Å². The summed E-state index contributed by atoms with van der Waals surface area (Å²) in [5.41, 5.74) is 9.29. The lowest BCUT2D eigenvalue weighted by atomic mass is 9.94. The fraction of sp³-hybridized carbons (Fsp3) is 0.471. The van der Waals surface area contributed by atoms with Crippen molar-refractivity contribution in [3.63, 3.8) is 0 Å². The molecule has 0 amide bonds. The maximum absolute atomic E-state index is 6.10. The van der Waals surface area contributed by atoms with Gasteiger partial charge in [-0.3, -0.25) is 4.98 Å². The number of nitrogens with zero attached hydrogens (tertiary/aromatic N) is 2. The van der Waals surface area contributed by atoms with E-state index in [1.807, 2.05) is 19.2 Å². The van der Waals surface area contributed by atoms with Gasteiger partial charge >= 0.3 is 0 Å². The zero-order valence-corrected chi connectivity index (χ0v) is 12.4. The second-order valence-corrected chi connectivity index (χ2v) is 5.91. The third kappa shape index (κ3) is 2.33. The van der Waals surface area contributed by atoms with Gasteiger partial charge in [-0.1, -0.05) is 13.3 Å². The van der Waals surface area contributed by atoms with Crippen LogP contribution in [-0.4, -0.2) is 18.1 Å². The van der Waals surface area contributed by atoms with Gasteiger partial charge < -0.3 is 10.6 Å². The Kier molecular flexibility index (Phi) is 3.51. The molecule has 2 aromatic rings. The molecule has 1 aromatic heterocycles. The third-order valence-corrected chi connectivity index (χ3v) is 4.49. The molecule has 0 spiro atoms. The number of benzene rings is 1. The van der Waals surface area contributed by atoms with Crippen LogP contribution in [0.4, 0.5) is 11.4 Å². The quantitative estimate of drug-likeness (QED) is 0.844. The Bertz CT molecular complexity index is 621. The summed E-state index contributed by atoms with van der Waals surface area (Å²) in [4.78, 5) is 6.91. The summed E-state index contributed by atoms with van der Waals surface area (Å²) in [6.45, 7) is 6.65. The first-order chi connectivity index (χ1) is 9.69. The van der Waals surface area contributed by atoms with Gasteiger partial charge in [0.15, 0.2) is 0 Å². The fourth-order valence-corrected chi connectivity index (χ4v) is 3.24. The first kappa shape index (κ1) is 13.2. The first-order valence-corrected chi connectivity index (χ1v) is 7.59. The Morgan fingerprint density at radius 1 is 1.35 bits per heavy atom. The van der Waals surface area contributed by atoms with E-state index in [1.54, 1.807) is 0 Å². The number of rotatable bonds is 2. The van der Waals surface area contributed by atoms with Crippen molar-refractivity contribution in [1.82, 2.24) is 4.98 Å². The number of piperidine rings is 1. The number of aromatic nitrogens is 1. The Labute approximate surface area is 120 Å². The predicted molar refractivity (Wildman–Crippen MR) is 86.1 cm³/mol. The Morgan fingerprint density at radius 2 is 2.20 bits per heavy atom. The van der Waals surface area contributed by atoms with E-state index in [0.717, 1.165) is 35.8 Å². The van der Waals surface area contributed by atoms with Crippen molar-refractivity contribution in [3.8, 4) is 0 Å². The highest BCUT2D eigenvalue weighted by Gasteiger charge is 2.20. The number of nitrogen functional groups attached to an aromatic ring is 1. The summed E-state index contributed by atoms with van der Waals surface area (Å²) in [5, 5.41) is 2.32. The second-order valence-electron chi connectivity index (χ2n) is 5.91. The molecule has 20 heavy (non-hydrogen) atoms. The minimum absolute atomic E-state index is 0.819. The topological polar surface area (TPSA) is 42.1 Å². The molecule has 106 valence electrons. The maximum atomic E-state index is 6.10. The van der Waals surface area contributed by atoms with Crippen LogP contribution in [-0.2, 0) is 0 Å². The summed E-state index contributed by atoms with van der Waals surface area (Å²) in [6, 6.07) is 6.36.